The van der Waals surface area contributed by atoms with E-state index in [9.17, 15) is 0 Å². The van der Waals surface area contributed by atoms with E-state index in [0.29, 0.717) is 0 Å². The van der Waals surface area contributed by atoms with Crippen molar-refractivity contribution in [2.75, 3.05) is 0 Å². The van der Waals surface area contributed by atoms with Crippen molar-refractivity contribution < 1.29 is 0 Å². The molecule has 0 aliphatic rings. The quantitative estimate of drug-likeness (QED) is 0.550. The molecule has 0 saturated carbocycles. The third-order valence-corrected chi connectivity index (χ3v) is 10.1. The van der Waals surface area contributed by atoms with Crippen LogP contribution in [0.25, 0.3) is 0 Å². The van der Waals surface area contributed by atoms with Gasteiger partial charge in [-0.25, -0.2) is 0 Å². The maximum atomic E-state index is 2.35. The van der Waals surface area contributed by atoms with Crippen LogP contribution >= 0.6 is 24.0 Å². The van der Waals surface area contributed by atoms with Crippen LogP contribution in [0.2, 0.25) is 13.3 Å². The zero-order valence-corrected chi connectivity index (χ0v) is 11.2. The van der Waals surface area contributed by atoms with E-state index in [1.54, 1.807) is 13.3 Å². The molecule has 0 N–H and O–H groups in total. The second-order valence-electron chi connectivity index (χ2n) is 1.81. The second-order valence-corrected chi connectivity index (χ2v) is 12.1. The second kappa shape index (κ2) is 8.53. The van der Waals surface area contributed by atoms with Gasteiger partial charge in [0.1, 0.15) is 0 Å². The Bertz CT molecular complexity index is 30.0. The summed E-state index contributed by atoms with van der Waals surface area (Å²) in [5, 5.41) is 0. The first-order valence-corrected chi connectivity index (χ1v) is 9.24. The molecule has 0 aromatic rings. The van der Waals surface area contributed by atoms with Crippen molar-refractivity contribution in [3.05, 3.63) is 0 Å². The summed E-state index contributed by atoms with van der Waals surface area (Å²) in [7, 11) is 0. The van der Waals surface area contributed by atoms with Crippen LogP contribution in [0.1, 0.15) is 20.8 Å². The molecule has 0 bridgehead atoms. The maximum Gasteiger partial charge on any atom is -0.107 e. The van der Waals surface area contributed by atoms with Crippen LogP contribution in [0.3, 0.4) is 0 Å². The normalized spacial score (nSPS) is 9.00. The van der Waals surface area contributed by atoms with Crippen LogP contribution in [0.4, 0.5) is 0 Å². The molecule has 0 unspecified atom stereocenters. The van der Waals surface area contributed by atoms with Crippen molar-refractivity contribution >= 4 is 43.7 Å². The molecule has 1 radical (unpaired) electrons. The number of rotatable bonds is 3. The topological polar surface area (TPSA) is 0 Å². The molecule has 8 heavy (non-hydrogen) atoms. The van der Waals surface area contributed by atoms with Crippen LogP contribution in [0, 0.1) is 0 Å². The SMILES string of the molecule is C[CH2][Sn]([CH2]C)[CH2]C.I. The number of hydrogen-bond donors (Lipinski definition) is 0. The van der Waals surface area contributed by atoms with Crippen LogP contribution in [-0.4, -0.2) is 19.8 Å². The molecule has 0 fully saturated rings. The molecule has 2 heteroatoms. The van der Waals surface area contributed by atoms with Crippen molar-refractivity contribution in [2.45, 2.75) is 34.1 Å². The Labute approximate surface area is 77.2 Å². The molecule has 0 spiro atoms. The van der Waals surface area contributed by atoms with E-state index in [0.717, 1.165) is 0 Å². The summed E-state index contributed by atoms with van der Waals surface area (Å²) in [6.07, 6.45) is 0. The third-order valence-electron chi connectivity index (χ3n) is 1.50. The molecule has 0 aliphatic carbocycles. The van der Waals surface area contributed by atoms with Gasteiger partial charge in [-0.1, -0.05) is 0 Å². The average Bonchev–Trinajstić information content (AvgIpc) is 1.72. The molecule has 0 saturated heterocycles. The molecular weight excluding hydrogens is 318 g/mol. The average molecular weight is 334 g/mol. The van der Waals surface area contributed by atoms with Gasteiger partial charge in [0.15, 0.2) is 0 Å². The van der Waals surface area contributed by atoms with Gasteiger partial charge in [0.05, 0.1) is 0 Å². The first-order valence-electron chi connectivity index (χ1n) is 3.18. The van der Waals surface area contributed by atoms with E-state index < -0.39 is 19.8 Å². The van der Waals surface area contributed by atoms with E-state index in [4.69, 9.17) is 0 Å². The summed E-state index contributed by atoms with van der Waals surface area (Å²) in [6.45, 7) is 7.05. The van der Waals surface area contributed by atoms with Gasteiger partial charge in [-0.3, -0.25) is 0 Å². The van der Waals surface area contributed by atoms with Gasteiger partial charge >= 0.3 is 53.8 Å². The maximum absolute atomic E-state index is 2.35. The zero-order valence-electron chi connectivity index (χ0n) is 6.03. The van der Waals surface area contributed by atoms with Gasteiger partial charge in [-0.15, -0.1) is 24.0 Å². The Morgan fingerprint density at radius 2 is 1.12 bits per heavy atom. The molecule has 0 aromatic heterocycles. The molecular formula is C6H16ISn. The van der Waals surface area contributed by atoms with E-state index in [1.807, 2.05) is 0 Å². The predicted octanol–water partition coefficient (Wildman–Crippen LogP) is 3.16. The minimum absolute atomic E-state index is 0. The molecule has 0 amide bonds. The fraction of sp³-hybridized carbons (Fsp3) is 1.00. The van der Waals surface area contributed by atoms with Crippen molar-refractivity contribution in [1.29, 1.82) is 0 Å². The Kier molecular flexibility index (Phi) is 13.0. The standard InChI is InChI=1S/3C2H5.HI.Sn/c3*1-2;;/h3*1H2,2H3;1H;. The zero-order chi connectivity index (χ0) is 5.70. The van der Waals surface area contributed by atoms with Crippen LogP contribution < -0.4 is 0 Å². The first-order chi connectivity index (χ1) is 3.35. The third kappa shape index (κ3) is 5.66. The monoisotopic (exact) mass is 335 g/mol. The molecule has 0 nitrogen and oxygen atoms in total. The van der Waals surface area contributed by atoms with E-state index in [2.05, 4.69) is 20.8 Å². The van der Waals surface area contributed by atoms with Crippen LogP contribution in [-0.2, 0) is 0 Å². The van der Waals surface area contributed by atoms with Gasteiger partial charge in [0, 0.05) is 0 Å². The molecule has 0 heterocycles. The minimum atomic E-state index is -0.653. The van der Waals surface area contributed by atoms with E-state index in [-0.39, 0.29) is 24.0 Å². The van der Waals surface area contributed by atoms with Gasteiger partial charge in [0.2, 0.25) is 0 Å². The fourth-order valence-corrected chi connectivity index (χ4v) is 5.03. The van der Waals surface area contributed by atoms with Gasteiger partial charge in [0.25, 0.3) is 0 Å². The Balaban J connectivity index is 0. The Morgan fingerprint density at radius 1 is 0.875 bits per heavy atom. The summed E-state index contributed by atoms with van der Waals surface area (Å²) in [5.74, 6) is 0. The predicted molar refractivity (Wildman–Crippen MR) is 52.6 cm³/mol. The van der Waals surface area contributed by atoms with E-state index >= 15 is 0 Å². The molecule has 51 valence electrons. The first kappa shape index (κ1) is 12.2. The van der Waals surface area contributed by atoms with Gasteiger partial charge in [-0.05, 0) is 0 Å². The summed E-state index contributed by atoms with van der Waals surface area (Å²) in [5.41, 5.74) is 0. The number of halogens is 1. The molecule has 0 aliphatic heterocycles. The van der Waals surface area contributed by atoms with Crippen LogP contribution in [0.15, 0.2) is 0 Å². The summed E-state index contributed by atoms with van der Waals surface area (Å²) >= 11 is -0.653. The summed E-state index contributed by atoms with van der Waals surface area (Å²) < 4.78 is 4.65. The van der Waals surface area contributed by atoms with Crippen molar-refractivity contribution in [1.82, 2.24) is 0 Å². The molecule has 0 atom stereocenters. The summed E-state index contributed by atoms with van der Waals surface area (Å²) in [6, 6.07) is 0. The van der Waals surface area contributed by atoms with E-state index in [1.165, 1.54) is 0 Å². The number of hydrogen-bond acceptors (Lipinski definition) is 0. The fourth-order valence-electron chi connectivity index (χ4n) is 0.750. The smallest absolute Gasteiger partial charge is 0.107 e. The largest absolute Gasteiger partial charge is 0.107 e. The minimum Gasteiger partial charge on any atom is -0.107 e. The Morgan fingerprint density at radius 3 is 1.12 bits per heavy atom. The summed E-state index contributed by atoms with van der Waals surface area (Å²) in [4.78, 5) is 0. The van der Waals surface area contributed by atoms with Crippen LogP contribution in [0.5, 0.6) is 0 Å². The van der Waals surface area contributed by atoms with Crippen molar-refractivity contribution in [3.63, 3.8) is 0 Å². The molecule has 0 aromatic carbocycles. The molecule has 0 rings (SSSR count). The van der Waals surface area contributed by atoms with Gasteiger partial charge < -0.3 is 0 Å². The van der Waals surface area contributed by atoms with Gasteiger partial charge in [-0.2, -0.15) is 0 Å². The van der Waals surface area contributed by atoms with Crippen molar-refractivity contribution in [3.8, 4) is 0 Å². The van der Waals surface area contributed by atoms with Crippen molar-refractivity contribution in [2.24, 2.45) is 0 Å². The Hall–Kier alpha value is 1.53.